The maximum atomic E-state index is 12.2. The lowest BCUT2D eigenvalue weighted by Gasteiger charge is -2.40. The zero-order valence-electron chi connectivity index (χ0n) is 11.0. The molecule has 3 saturated heterocycles. The monoisotopic (exact) mass is 242 g/mol. The van der Waals surface area contributed by atoms with Gasteiger partial charge in [0.05, 0.1) is 10.8 Å². The van der Waals surface area contributed by atoms with Crippen LogP contribution in [0.1, 0.15) is 41.5 Å². The Bertz CT molecular complexity index is 413. The topological polar surface area (TPSA) is 54.0 Å². The van der Waals surface area contributed by atoms with Crippen LogP contribution in [0.5, 0.6) is 0 Å². The SMILES string of the molecule is CC(=O)C1(C)C2(C)OC3(C)OOC(C)(O2)C31C. The summed E-state index contributed by atoms with van der Waals surface area (Å²) in [5.41, 5.74) is -1.49. The van der Waals surface area contributed by atoms with Crippen LogP contribution < -0.4 is 0 Å². The molecule has 5 heteroatoms. The van der Waals surface area contributed by atoms with Crippen molar-refractivity contribution < 1.29 is 24.0 Å². The van der Waals surface area contributed by atoms with Gasteiger partial charge in [0.15, 0.2) is 5.79 Å². The fourth-order valence-electron chi connectivity index (χ4n) is 3.98. The van der Waals surface area contributed by atoms with E-state index in [0.29, 0.717) is 0 Å². The van der Waals surface area contributed by atoms with Gasteiger partial charge in [0.25, 0.3) is 0 Å². The Morgan fingerprint density at radius 1 is 0.824 bits per heavy atom. The van der Waals surface area contributed by atoms with Crippen molar-refractivity contribution in [2.75, 3.05) is 0 Å². The van der Waals surface area contributed by atoms with E-state index < -0.39 is 28.2 Å². The molecule has 2 bridgehead atoms. The van der Waals surface area contributed by atoms with Gasteiger partial charge in [-0.1, -0.05) is 0 Å². The molecule has 0 radical (unpaired) electrons. The molecule has 3 atom stereocenters. The molecule has 96 valence electrons. The van der Waals surface area contributed by atoms with Crippen LogP contribution in [0.2, 0.25) is 0 Å². The molecule has 3 unspecified atom stereocenters. The number of carbonyl (C=O) groups excluding carboxylic acids is 1. The summed E-state index contributed by atoms with van der Waals surface area (Å²) in [6.45, 7) is 10.7. The molecule has 0 aromatic carbocycles. The van der Waals surface area contributed by atoms with Crippen LogP contribution in [0.4, 0.5) is 0 Å². The number of Topliss-reactive ketones (excluding diaryl/α,β-unsaturated/α-hetero) is 1. The summed E-state index contributed by atoms with van der Waals surface area (Å²) in [5.74, 6) is -2.93. The molecule has 17 heavy (non-hydrogen) atoms. The molecule has 3 rings (SSSR count). The Labute approximate surface area is 100 Å². The number of ketones is 1. The molecule has 5 nitrogen and oxygen atoms in total. The molecular formula is C12H18O5. The quantitative estimate of drug-likeness (QED) is 0.656. The van der Waals surface area contributed by atoms with Crippen LogP contribution in [-0.2, 0) is 24.0 Å². The highest BCUT2D eigenvalue weighted by molar-refractivity contribution is 5.85. The molecule has 0 aromatic rings. The first kappa shape index (κ1) is 11.6. The predicted molar refractivity (Wildman–Crippen MR) is 56.5 cm³/mol. The summed E-state index contributed by atoms with van der Waals surface area (Å²) < 4.78 is 11.8. The second kappa shape index (κ2) is 2.45. The molecule has 3 aliphatic heterocycles. The average Bonchev–Trinajstić information content (AvgIpc) is 2.48. The molecule has 3 heterocycles. The summed E-state index contributed by atoms with van der Waals surface area (Å²) in [5, 5.41) is 0. The lowest BCUT2D eigenvalue weighted by molar-refractivity contribution is -0.391. The number of hydrogen-bond donors (Lipinski definition) is 0. The van der Waals surface area contributed by atoms with Crippen molar-refractivity contribution in [3.8, 4) is 0 Å². The minimum absolute atomic E-state index is 0.0176. The van der Waals surface area contributed by atoms with Gasteiger partial charge in [0, 0.05) is 0 Å². The largest absolute Gasteiger partial charge is 0.314 e. The minimum Gasteiger partial charge on any atom is -0.314 e. The second-order valence-electron chi connectivity index (χ2n) is 6.01. The van der Waals surface area contributed by atoms with Gasteiger partial charge < -0.3 is 9.47 Å². The van der Waals surface area contributed by atoms with Crippen molar-refractivity contribution in [2.24, 2.45) is 10.8 Å². The van der Waals surface area contributed by atoms with E-state index in [1.165, 1.54) is 0 Å². The van der Waals surface area contributed by atoms with Gasteiger partial charge in [-0.15, -0.1) is 0 Å². The average molecular weight is 242 g/mol. The lowest BCUT2D eigenvalue weighted by atomic mass is 9.57. The van der Waals surface area contributed by atoms with Crippen LogP contribution >= 0.6 is 0 Å². The number of hydrogen-bond acceptors (Lipinski definition) is 5. The van der Waals surface area contributed by atoms with Crippen molar-refractivity contribution in [1.82, 2.24) is 0 Å². The van der Waals surface area contributed by atoms with Gasteiger partial charge in [-0.25, -0.2) is 0 Å². The van der Waals surface area contributed by atoms with Gasteiger partial charge in [0.2, 0.25) is 11.6 Å². The van der Waals surface area contributed by atoms with Crippen LogP contribution in [-0.4, -0.2) is 23.1 Å². The highest BCUT2D eigenvalue weighted by atomic mass is 17.3. The van der Waals surface area contributed by atoms with E-state index in [2.05, 4.69) is 0 Å². The number of carbonyl (C=O) groups is 1. The predicted octanol–water partition coefficient (Wildman–Crippen LogP) is 1.76. The summed E-state index contributed by atoms with van der Waals surface area (Å²) >= 11 is 0. The zero-order valence-corrected chi connectivity index (χ0v) is 11.0. The molecule has 0 aliphatic carbocycles. The smallest absolute Gasteiger partial charge is 0.213 e. The Morgan fingerprint density at radius 2 is 1.24 bits per heavy atom. The van der Waals surface area contributed by atoms with E-state index in [0.717, 1.165) is 0 Å². The molecule has 0 amide bonds. The van der Waals surface area contributed by atoms with Gasteiger partial charge >= 0.3 is 0 Å². The fourth-order valence-corrected chi connectivity index (χ4v) is 3.98. The molecule has 0 N–H and O–H groups in total. The first-order valence-corrected chi connectivity index (χ1v) is 5.85. The minimum atomic E-state index is -1.02. The maximum absolute atomic E-state index is 12.2. The Hall–Kier alpha value is -0.490. The first-order chi connectivity index (χ1) is 7.56. The van der Waals surface area contributed by atoms with E-state index in [1.807, 2.05) is 13.8 Å². The summed E-state index contributed by atoms with van der Waals surface area (Å²) in [6.07, 6.45) is 0. The van der Waals surface area contributed by atoms with E-state index >= 15 is 0 Å². The zero-order chi connectivity index (χ0) is 12.9. The number of ether oxygens (including phenoxy) is 2. The first-order valence-electron chi connectivity index (χ1n) is 5.85. The van der Waals surface area contributed by atoms with Crippen LogP contribution in [0.3, 0.4) is 0 Å². The highest BCUT2D eigenvalue weighted by Crippen LogP contribution is 2.77. The summed E-state index contributed by atoms with van der Waals surface area (Å²) in [4.78, 5) is 22.8. The second-order valence-corrected chi connectivity index (χ2v) is 6.01. The summed E-state index contributed by atoms with van der Waals surface area (Å²) in [7, 11) is 0. The van der Waals surface area contributed by atoms with Crippen molar-refractivity contribution in [3.05, 3.63) is 0 Å². The maximum Gasteiger partial charge on any atom is 0.213 e. The molecule has 3 aliphatic rings. The third kappa shape index (κ3) is 0.773. The van der Waals surface area contributed by atoms with E-state index in [1.54, 1.807) is 27.7 Å². The van der Waals surface area contributed by atoms with Crippen molar-refractivity contribution in [3.63, 3.8) is 0 Å². The Kier molecular flexibility index (Phi) is 1.67. The van der Waals surface area contributed by atoms with Crippen LogP contribution in [0.25, 0.3) is 0 Å². The van der Waals surface area contributed by atoms with Gasteiger partial charge in [0.1, 0.15) is 5.78 Å². The van der Waals surface area contributed by atoms with Gasteiger partial charge in [-0.05, 0) is 41.5 Å². The Morgan fingerprint density at radius 3 is 1.53 bits per heavy atom. The molecule has 0 spiro atoms. The van der Waals surface area contributed by atoms with Crippen LogP contribution in [0.15, 0.2) is 0 Å². The number of rotatable bonds is 1. The van der Waals surface area contributed by atoms with Crippen molar-refractivity contribution in [2.45, 2.75) is 58.9 Å². The standard InChI is InChI=1S/C12H18O5/c1-7(13)8(2)9(3)11(5)14-10(8,4)15-12(9,6)17-16-11/h1-6H3. The van der Waals surface area contributed by atoms with Crippen molar-refractivity contribution >= 4 is 5.78 Å². The molecule has 3 fully saturated rings. The third-order valence-corrected chi connectivity index (χ3v) is 5.57. The van der Waals surface area contributed by atoms with Gasteiger partial charge in [-0.3, -0.25) is 4.79 Å². The molecule has 0 saturated carbocycles. The molecular weight excluding hydrogens is 224 g/mol. The van der Waals surface area contributed by atoms with Gasteiger partial charge in [-0.2, -0.15) is 9.78 Å². The Balaban J connectivity index is 2.33. The van der Waals surface area contributed by atoms with Crippen molar-refractivity contribution in [1.29, 1.82) is 0 Å². The molecule has 0 aromatic heterocycles. The van der Waals surface area contributed by atoms with E-state index in [9.17, 15) is 4.79 Å². The highest BCUT2D eigenvalue weighted by Gasteiger charge is 2.91. The summed E-state index contributed by atoms with van der Waals surface area (Å²) in [6, 6.07) is 0. The van der Waals surface area contributed by atoms with E-state index in [4.69, 9.17) is 19.2 Å². The fraction of sp³-hybridized carbons (Fsp3) is 0.917. The third-order valence-electron chi connectivity index (χ3n) is 5.57. The number of fused-ring (bicyclic) bond motifs is 1. The van der Waals surface area contributed by atoms with Crippen LogP contribution in [0, 0.1) is 10.8 Å². The normalized spacial score (nSPS) is 64.4. The lowest BCUT2D eigenvalue weighted by Crippen LogP contribution is -2.55. The van der Waals surface area contributed by atoms with E-state index in [-0.39, 0.29) is 5.78 Å².